The van der Waals surface area contributed by atoms with E-state index in [0.717, 1.165) is 11.1 Å². The molecule has 324 valence electrons. The first-order chi connectivity index (χ1) is 26.8. The summed E-state index contributed by atoms with van der Waals surface area (Å²) in [6.45, 7) is 22.4. The Morgan fingerprint density at radius 3 is 1.23 bits per heavy atom. The summed E-state index contributed by atoms with van der Waals surface area (Å²) in [6, 6.07) is 13.8. The van der Waals surface area contributed by atoms with E-state index in [1.165, 1.54) is 27.7 Å². The number of nitrogens with one attached hydrogen (secondary N) is 1. The van der Waals surface area contributed by atoms with Gasteiger partial charge in [0.05, 0.1) is 103 Å². The second-order valence-corrected chi connectivity index (χ2v) is 15.9. The van der Waals surface area contributed by atoms with Gasteiger partial charge in [0.15, 0.2) is 11.6 Å². The fraction of sp³-hybridized carbons (Fsp3) is 0.682. The van der Waals surface area contributed by atoms with Gasteiger partial charge in [-0.25, -0.2) is 0 Å². The Kier molecular flexibility index (Phi) is 22.8. The first kappa shape index (κ1) is 50.5. The number of ketones is 2. The molecule has 0 saturated heterocycles. The molecule has 0 aliphatic carbocycles. The van der Waals surface area contributed by atoms with E-state index in [1.807, 2.05) is 65.8 Å². The average molecular weight is 806 g/mol. The fourth-order valence-corrected chi connectivity index (χ4v) is 5.44. The molecule has 0 aliphatic rings. The Morgan fingerprint density at radius 1 is 0.526 bits per heavy atom. The summed E-state index contributed by atoms with van der Waals surface area (Å²) in [7, 11) is 1.64. The molecule has 0 spiro atoms. The minimum absolute atomic E-state index is 0.0588. The lowest BCUT2D eigenvalue weighted by Gasteiger charge is -2.26. The number of Topliss-reactive ketones (excluding diaryl/α,β-unsaturated/α-hetero) is 2. The van der Waals surface area contributed by atoms with Gasteiger partial charge in [0, 0.05) is 24.3 Å². The third kappa shape index (κ3) is 20.2. The Labute approximate surface area is 341 Å². The molecule has 6 atom stereocenters. The van der Waals surface area contributed by atoms with Crippen molar-refractivity contribution in [2.45, 2.75) is 123 Å². The van der Waals surface area contributed by atoms with Crippen LogP contribution in [0.3, 0.4) is 0 Å². The van der Waals surface area contributed by atoms with Crippen molar-refractivity contribution in [2.75, 3.05) is 73.2 Å². The van der Waals surface area contributed by atoms with Gasteiger partial charge in [0.1, 0.15) is 11.2 Å². The van der Waals surface area contributed by atoms with Crippen molar-refractivity contribution in [3.63, 3.8) is 0 Å². The van der Waals surface area contributed by atoms with Crippen molar-refractivity contribution in [3.8, 4) is 0 Å². The molecule has 0 aromatic heterocycles. The molecule has 0 saturated carbocycles. The Morgan fingerprint density at radius 2 is 0.860 bits per heavy atom. The van der Waals surface area contributed by atoms with Crippen molar-refractivity contribution in [1.82, 2.24) is 5.32 Å². The maximum absolute atomic E-state index is 12.7. The maximum atomic E-state index is 12.7. The summed E-state index contributed by atoms with van der Waals surface area (Å²) < 4.78 is 45.8. The maximum Gasteiger partial charge on any atom is 0.193 e. The molecule has 0 radical (unpaired) electrons. The smallest absolute Gasteiger partial charge is 0.193 e. The molecular formula is C44H71NO12. The van der Waals surface area contributed by atoms with E-state index >= 15 is 0 Å². The topological polar surface area (TPSA) is 160 Å². The number of methoxy groups -OCH3 is 1. The lowest BCUT2D eigenvalue weighted by Crippen LogP contribution is -2.36. The van der Waals surface area contributed by atoms with Gasteiger partial charge in [-0.05, 0) is 80.4 Å². The molecule has 2 aromatic rings. The molecule has 0 bridgehead atoms. The number of aliphatic hydroxyl groups is 2. The highest BCUT2D eigenvalue weighted by Gasteiger charge is 2.27. The zero-order chi connectivity index (χ0) is 42.6. The van der Waals surface area contributed by atoms with Crippen molar-refractivity contribution in [1.29, 1.82) is 0 Å². The van der Waals surface area contributed by atoms with Gasteiger partial charge in [-0.3, -0.25) is 9.59 Å². The second kappa shape index (κ2) is 25.7. The minimum Gasteiger partial charge on any atom is -0.382 e. The summed E-state index contributed by atoms with van der Waals surface area (Å²) >= 11 is 0. The lowest BCUT2D eigenvalue weighted by atomic mass is 9.91. The molecule has 2 aromatic carbocycles. The standard InChI is InChI=1S/C44H71NO12/c1-30(45-40(36-12-16-38(17-13-36)41(46)43(7,8)48)37-14-18-39(19-15-37)42(47)44(9,10)49)24-53-32(3)26-55-34(5)28-57-35(6)29-56-33(4)27-54-31(2)25-52-23-22-51-21-20-50-11/h12-19,30-35,40,45,48-49H,20-29H2,1-11H3. The van der Waals surface area contributed by atoms with Gasteiger partial charge in [-0.15, -0.1) is 0 Å². The van der Waals surface area contributed by atoms with E-state index in [9.17, 15) is 19.8 Å². The predicted molar refractivity (Wildman–Crippen MR) is 219 cm³/mol. The predicted octanol–water partition coefficient (Wildman–Crippen LogP) is 5.37. The van der Waals surface area contributed by atoms with E-state index in [4.69, 9.17) is 37.9 Å². The molecule has 0 heterocycles. The zero-order valence-corrected chi connectivity index (χ0v) is 36.2. The van der Waals surface area contributed by atoms with Gasteiger partial charge in [-0.1, -0.05) is 48.5 Å². The molecule has 0 fully saturated rings. The van der Waals surface area contributed by atoms with Crippen LogP contribution in [-0.4, -0.2) is 143 Å². The van der Waals surface area contributed by atoms with Gasteiger partial charge in [0.25, 0.3) is 0 Å². The van der Waals surface area contributed by atoms with Gasteiger partial charge in [-0.2, -0.15) is 0 Å². The van der Waals surface area contributed by atoms with Crippen molar-refractivity contribution in [2.24, 2.45) is 0 Å². The molecule has 13 heteroatoms. The lowest BCUT2D eigenvalue weighted by molar-refractivity contribution is -0.101. The molecule has 2 rings (SSSR count). The van der Waals surface area contributed by atoms with Crippen LogP contribution < -0.4 is 5.32 Å². The van der Waals surface area contributed by atoms with Crippen molar-refractivity contribution >= 4 is 11.6 Å². The average Bonchev–Trinajstić information content (AvgIpc) is 3.17. The summed E-state index contributed by atoms with van der Waals surface area (Å²) in [6.07, 6.45) is -0.610. The summed E-state index contributed by atoms with van der Waals surface area (Å²) in [5.41, 5.74) is -0.393. The SMILES string of the molecule is COCCOCCOCC(C)OCC(C)OCC(C)OCC(C)OCC(C)OCC(C)NC(c1ccc(C(=O)C(C)(C)O)cc1)c1ccc(C(=O)C(C)(C)O)cc1. The Balaban J connectivity index is 1.80. The number of rotatable bonds is 31. The van der Waals surface area contributed by atoms with Crippen LogP contribution in [-0.2, 0) is 37.9 Å². The van der Waals surface area contributed by atoms with E-state index < -0.39 is 11.2 Å². The second-order valence-electron chi connectivity index (χ2n) is 15.9. The highest BCUT2D eigenvalue weighted by molar-refractivity contribution is 6.02. The first-order valence-electron chi connectivity index (χ1n) is 20.0. The summed E-state index contributed by atoms with van der Waals surface area (Å²) in [5, 5.41) is 24.1. The van der Waals surface area contributed by atoms with E-state index in [0.29, 0.717) is 77.2 Å². The van der Waals surface area contributed by atoms with Crippen LogP contribution in [0.15, 0.2) is 48.5 Å². The monoisotopic (exact) mass is 805 g/mol. The molecule has 13 nitrogen and oxygen atoms in total. The fourth-order valence-electron chi connectivity index (χ4n) is 5.44. The number of carbonyl (C=O) groups excluding carboxylic acids is 2. The number of hydrogen-bond donors (Lipinski definition) is 3. The van der Waals surface area contributed by atoms with Crippen LogP contribution in [0.1, 0.15) is 107 Å². The number of hydrogen-bond acceptors (Lipinski definition) is 13. The van der Waals surface area contributed by atoms with Crippen LogP contribution in [0.2, 0.25) is 0 Å². The number of benzene rings is 2. The van der Waals surface area contributed by atoms with Crippen LogP contribution in [0.4, 0.5) is 0 Å². The van der Waals surface area contributed by atoms with Gasteiger partial charge >= 0.3 is 0 Å². The quantitative estimate of drug-likeness (QED) is 0.0661. The third-order valence-electron chi connectivity index (χ3n) is 8.82. The van der Waals surface area contributed by atoms with Crippen molar-refractivity contribution < 1.29 is 57.7 Å². The zero-order valence-electron chi connectivity index (χ0n) is 36.2. The largest absolute Gasteiger partial charge is 0.382 e. The number of carbonyl (C=O) groups is 2. The van der Waals surface area contributed by atoms with E-state index in [1.54, 1.807) is 31.4 Å². The third-order valence-corrected chi connectivity index (χ3v) is 8.82. The molecule has 3 N–H and O–H groups in total. The molecular weight excluding hydrogens is 734 g/mol. The summed E-state index contributed by atoms with van der Waals surface area (Å²) in [4.78, 5) is 25.3. The summed E-state index contributed by atoms with van der Waals surface area (Å²) in [5.74, 6) is -0.737. The van der Waals surface area contributed by atoms with Gasteiger partial charge < -0.3 is 53.4 Å². The molecule has 57 heavy (non-hydrogen) atoms. The first-order valence-corrected chi connectivity index (χ1v) is 20.0. The van der Waals surface area contributed by atoms with Gasteiger partial charge in [0.2, 0.25) is 0 Å². The van der Waals surface area contributed by atoms with E-state index in [-0.39, 0.29) is 54.2 Å². The van der Waals surface area contributed by atoms with E-state index in [2.05, 4.69) is 5.32 Å². The normalized spacial score (nSPS) is 15.6. The molecule has 0 amide bonds. The minimum atomic E-state index is -1.49. The van der Waals surface area contributed by atoms with Crippen LogP contribution in [0.5, 0.6) is 0 Å². The van der Waals surface area contributed by atoms with Crippen LogP contribution in [0, 0.1) is 0 Å². The van der Waals surface area contributed by atoms with Crippen LogP contribution >= 0.6 is 0 Å². The molecule has 0 aliphatic heterocycles. The molecule has 6 unspecified atom stereocenters. The number of ether oxygens (including phenoxy) is 8. The Bertz CT molecular complexity index is 1340. The Hall–Kier alpha value is -2.66. The van der Waals surface area contributed by atoms with Crippen molar-refractivity contribution in [3.05, 3.63) is 70.8 Å². The highest BCUT2D eigenvalue weighted by Crippen LogP contribution is 2.26. The van der Waals surface area contributed by atoms with Crippen LogP contribution in [0.25, 0.3) is 0 Å². The highest BCUT2D eigenvalue weighted by atomic mass is 16.6.